The van der Waals surface area contributed by atoms with Gasteiger partial charge < -0.3 is 10.5 Å². The first-order chi connectivity index (χ1) is 5.84. The third kappa shape index (κ3) is 2.46. The zero-order chi connectivity index (χ0) is 8.81. The van der Waals surface area contributed by atoms with E-state index >= 15 is 0 Å². The number of nitrogen functional groups attached to an aromatic ring is 1. The third-order valence-electron chi connectivity index (χ3n) is 1.67. The first kappa shape index (κ1) is 8.91. The molecule has 0 fully saturated rings. The second-order valence-corrected chi connectivity index (χ2v) is 2.74. The van der Waals surface area contributed by atoms with Gasteiger partial charge in [-0.15, -0.1) is 0 Å². The Morgan fingerprint density at radius 3 is 2.75 bits per heavy atom. The van der Waals surface area contributed by atoms with Crippen LogP contribution in [0.3, 0.4) is 0 Å². The highest BCUT2D eigenvalue weighted by molar-refractivity contribution is 5.51. The lowest BCUT2D eigenvalue weighted by atomic mass is 10.3. The van der Waals surface area contributed by atoms with Gasteiger partial charge in [0.25, 0.3) is 0 Å². The average molecular weight is 165 g/mol. The van der Waals surface area contributed by atoms with E-state index in [9.17, 15) is 0 Å². The number of rotatable bonds is 4. The van der Waals surface area contributed by atoms with E-state index in [1.807, 2.05) is 24.3 Å². The Kier molecular flexibility index (Phi) is 3.45. The van der Waals surface area contributed by atoms with Crippen LogP contribution in [0.1, 0.15) is 19.8 Å². The van der Waals surface area contributed by atoms with Crippen molar-refractivity contribution >= 4 is 5.69 Å². The van der Waals surface area contributed by atoms with Crippen LogP contribution in [0.4, 0.5) is 5.69 Å². The Balaban J connectivity index is 2.46. The molecule has 0 bridgehead atoms. The van der Waals surface area contributed by atoms with Crippen molar-refractivity contribution in [3.63, 3.8) is 0 Å². The van der Waals surface area contributed by atoms with Crippen LogP contribution in [0.15, 0.2) is 24.3 Å². The van der Waals surface area contributed by atoms with Crippen LogP contribution in [0.2, 0.25) is 0 Å². The molecule has 2 N–H and O–H groups in total. The van der Waals surface area contributed by atoms with E-state index in [-0.39, 0.29) is 0 Å². The molecular formula is C10H15NO. The van der Waals surface area contributed by atoms with Crippen LogP contribution in [-0.4, -0.2) is 6.61 Å². The summed E-state index contributed by atoms with van der Waals surface area (Å²) in [4.78, 5) is 0. The van der Waals surface area contributed by atoms with E-state index in [0.717, 1.165) is 25.2 Å². The quantitative estimate of drug-likeness (QED) is 0.549. The third-order valence-corrected chi connectivity index (χ3v) is 1.67. The standard InChI is InChI=1S/C10H15NO/c1-2-3-8-12-10-7-5-4-6-9(10)11/h4-7H,2-3,8,11H2,1H3. The lowest BCUT2D eigenvalue weighted by Crippen LogP contribution is -1.99. The largest absolute Gasteiger partial charge is 0.491 e. The topological polar surface area (TPSA) is 35.2 Å². The zero-order valence-corrected chi connectivity index (χ0v) is 7.42. The molecule has 1 rings (SSSR count). The van der Waals surface area contributed by atoms with Crippen molar-refractivity contribution in [2.45, 2.75) is 19.8 Å². The summed E-state index contributed by atoms with van der Waals surface area (Å²) in [5.74, 6) is 0.797. The van der Waals surface area contributed by atoms with E-state index < -0.39 is 0 Å². The molecule has 1 aromatic carbocycles. The lowest BCUT2D eigenvalue weighted by molar-refractivity contribution is 0.311. The van der Waals surface area contributed by atoms with Gasteiger partial charge in [-0.1, -0.05) is 25.5 Å². The van der Waals surface area contributed by atoms with Crippen molar-refractivity contribution in [2.75, 3.05) is 12.3 Å². The minimum atomic E-state index is 0.716. The summed E-state index contributed by atoms with van der Waals surface area (Å²) in [5, 5.41) is 0. The smallest absolute Gasteiger partial charge is 0.142 e. The maximum Gasteiger partial charge on any atom is 0.142 e. The van der Waals surface area contributed by atoms with Crippen molar-refractivity contribution < 1.29 is 4.74 Å². The Morgan fingerprint density at radius 2 is 2.08 bits per heavy atom. The number of ether oxygens (including phenoxy) is 1. The van der Waals surface area contributed by atoms with Crippen molar-refractivity contribution in [3.8, 4) is 5.75 Å². The Labute approximate surface area is 73.3 Å². The second-order valence-electron chi connectivity index (χ2n) is 2.74. The maximum absolute atomic E-state index is 5.68. The van der Waals surface area contributed by atoms with Gasteiger partial charge in [-0.2, -0.15) is 0 Å². The Morgan fingerprint density at radius 1 is 1.33 bits per heavy atom. The molecule has 0 unspecified atom stereocenters. The number of para-hydroxylation sites is 2. The SMILES string of the molecule is CCCCOc1ccccc1N. The number of anilines is 1. The number of nitrogens with two attached hydrogens (primary N) is 1. The highest BCUT2D eigenvalue weighted by Crippen LogP contribution is 2.19. The Hall–Kier alpha value is -1.18. The Bertz CT molecular complexity index is 235. The lowest BCUT2D eigenvalue weighted by Gasteiger charge is -2.06. The number of hydrogen-bond donors (Lipinski definition) is 1. The molecule has 66 valence electrons. The highest BCUT2D eigenvalue weighted by Gasteiger charge is 1.96. The van der Waals surface area contributed by atoms with Gasteiger partial charge in [0.2, 0.25) is 0 Å². The average Bonchev–Trinajstić information content (AvgIpc) is 2.09. The number of benzene rings is 1. The zero-order valence-electron chi connectivity index (χ0n) is 7.42. The molecule has 0 radical (unpaired) electrons. The molecule has 0 aromatic heterocycles. The molecule has 0 saturated heterocycles. The fraction of sp³-hybridized carbons (Fsp3) is 0.400. The number of hydrogen-bond acceptors (Lipinski definition) is 2. The molecule has 2 heteroatoms. The summed E-state index contributed by atoms with van der Waals surface area (Å²) >= 11 is 0. The molecule has 0 spiro atoms. The van der Waals surface area contributed by atoms with Crippen molar-refractivity contribution in [1.29, 1.82) is 0 Å². The molecule has 1 aromatic rings. The molecule has 12 heavy (non-hydrogen) atoms. The van der Waals surface area contributed by atoms with E-state index in [0.29, 0.717) is 5.69 Å². The summed E-state index contributed by atoms with van der Waals surface area (Å²) in [6.07, 6.45) is 2.22. The molecule has 0 heterocycles. The van der Waals surface area contributed by atoms with E-state index in [1.54, 1.807) is 0 Å². The summed E-state index contributed by atoms with van der Waals surface area (Å²) < 4.78 is 5.45. The van der Waals surface area contributed by atoms with Gasteiger partial charge in [-0.3, -0.25) is 0 Å². The van der Waals surface area contributed by atoms with Crippen LogP contribution in [0.5, 0.6) is 5.75 Å². The van der Waals surface area contributed by atoms with Crippen LogP contribution in [0.25, 0.3) is 0 Å². The minimum absolute atomic E-state index is 0.716. The molecule has 0 aliphatic rings. The second kappa shape index (κ2) is 4.65. The normalized spacial score (nSPS) is 9.75. The minimum Gasteiger partial charge on any atom is -0.491 e. The monoisotopic (exact) mass is 165 g/mol. The predicted molar refractivity (Wildman–Crippen MR) is 51.3 cm³/mol. The van der Waals surface area contributed by atoms with Gasteiger partial charge in [-0.25, -0.2) is 0 Å². The molecular weight excluding hydrogens is 150 g/mol. The van der Waals surface area contributed by atoms with Crippen molar-refractivity contribution in [3.05, 3.63) is 24.3 Å². The van der Waals surface area contributed by atoms with Gasteiger partial charge in [0.15, 0.2) is 0 Å². The molecule has 2 nitrogen and oxygen atoms in total. The maximum atomic E-state index is 5.68. The summed E-state index contributed by atoms with van der Waals surface area (Å²) in [6, 6.07) is 7.58. The molecule has 0 saturated carbocycles. The number of unbranched alkanes of at least 4 members (excludes halogenated alkanes) is 1. The predicted octanol–water partition coefficient (Wildman–Crippen LogP) is 2.45. The van der Waals surface area contributed by atoms with Gasteiger partial charge in [-0.05, 0) is 18.6 Å². The van der Waals surface area contributed by atoms with Crippen LogP contribution in [0, 0.1) is 0 Å². The van der Waals surface area contributed by atoms with Gasteiger partial charge in [0.05, 0.1) is 12.3 Å². The van der Waals surface area contributed by atoms with Gasteiger partial charge in [0, 0.05) is 0 Å². The molecule has 0 atom stereocenters. The molecule has 0 amide bonds. The van der Waals surface area contributed by atoms with Crippen LogP contribution < -0.4 is 10.5 Å². The molecule has 0 aliphatic heterocycles. The van der Waals surface area contributed by atoms with Gasteiger partial charge in [0.1, 0.15) is 5.75 Å². The first-order valence-corrected chi connectivity index (χ1v) is 4.32. The summed E-state index contributed by atoms with van der Waals surface area (Å²) in [6.45, 7) is 2.89. The fourth-order valence-corrected chi connectivity index (χ4v) is 0.938. The highest BCUT2D eigenvalue weighted by atomic mass is 16.5. The van der Waals surface area contributed by atoms with E-state index in [4.69, 9.17) is 10.5 Å². The van der Waals surface area contributed by atoms with Crippen LogP contribution >= 0.6 is 0 Å². The van der Waals surface area contributed by atoms with Gasteiger partial charge >= 0.3 is 0 Å². The van der Waals surface area contributed by atoms with E-state index in [2.05, 4.69) is 6.92 Å². The first-order valence-electron chi connectivity index (χ1n) is 4.32. The van der Waals surface area contributed by atoms with Crippen molar-refractivity contribution in [2.24, 2.45) is 0 Å². The summed E-state index contributed by atoms with van der Waals surface area (Å²) in [5.41, 5.74) is 6.39. The summed E-state index contributed by atoms with van der Waals surface area (Å²) in [7, 11) is 0. The fourth-order valence-electron chi connectivity index (χ4n) is 0.938. The molecule has 0 aliphatic carbocycles. The van der Waals surface area contributed by atoms with Crippen molar-refractivity contribution in [1.82, 2.24) is 0 Å². The van der Waals surface area contributed by atoms with E-state index in [1.165, 1.54) is 0 Å². The van der Waals surface area contributed by atoms with Crippen LogP contribution in [-0.2, 0) is 0 Å².